The van der Waals surface area contributed by atoms with Crippen LogP contribution in [0, 0.1) is 0 Å². The predicted molar refractivity (Wildman–Crippen MR) is 124 cm³/mol. The highest BCUT2D eigenvalue weighted by atomic mass is 16.5. The van der Waals surface area contributed by atoms with Crippen LogP contribution in [0.2, 0.25) is 0 Å². The van der Waals surface area contributed by atoms with Gasteiger partial charge in [0.15, 0.2) is 0 Å². The van der Waals surface area contributed by atoms with Crippen LogP contribution in [-0.2, 0) is 24.4 Å². The zero-order chi connectivity index (χ0) is 21.2. The molecule has 1 aliphatic heterocycles. The Kier molecular flexibility index (Phi) is 5.31. The van der Waals surface area contributed by atoms with Crippen LogP contribution < -0.4 is 11.5 Å². The lowest BCUT2D eigenvalue weighted by atomic mass is 10.1. The molecule has 0 unspecified atom stereocenters. The Morgan fingerprint density at radius 3 is 2.35 bits per heavy atom. The first-order chi connectivity index (χ1) is 15.2. The monoisotopic (exact) mass is 417 g/mol. The fraction of sp³-hybridized carbons (Fsp3) is 0.304. The number of para-hydroxylation sites is 3. The van der Waals surface area contributed by atoms with Crippen molar-refractivity contribution in [1.82, 2.24) is 24.0 Å². The maximum atomic E-state index is 6.28. The molecule has 0 atom stereocenters. The van der Waals surface area contributed by atoms with Gasteiger partial charge in [-0.25, -0.2) is 9.97 Å². The number of rotatable bonds is 6. The number of nitrogens with two attached hydrogens (primary N) is 2. The Balaban J connectivity index is 1.37. The second-order valence-electron chi connectivity index (χ2n) is 7.79. The highest BCUT2D eigenvalue weighted by Crippen LogP contribution is 2.24. The van der Waals surface area contributed by atoms with E-state index in [4.69, 9.17) is 16.2 Å². The molecule has 0 amide bonds. The normalized spacial score (nSPS) is 15.5. The molecule has 160 valence electrons. The van der Waals surface area contributed by atoms with E-state index in [2.05, 4.69) is 43.7 Å². The molecular weight excluding hydrogens is 390 g/mol. The van der Waals surface area contributed by atoms with E-state index in [1.54, 1.807) is 0 Å². The van der Waals surface area contributed by atoms with E-state index < -0.39 is 0 Å². The Morgan fingerprint density at radius 2 is 1.52 bits per heavy atom. The van der Waals surface area contributed by atoms with Crippen LogP contribution in [-0.4, -0.2) is 50.3 Å². The Bertz CT molecular complexity index is 1230. The van der Waals surface area contributed by atoms with Crippen molar-refractivity contribution in [1.29, 1.82) is 0 Å². The fourth-order valence-corrected chi connectivity index (χ4v) is 4.24. The van der Waals surface area contributed by atoms with Gasteiger partial charge in [0.2, 0.25) is 11.9 Å². The summed E-state index contributed by atoms with van der Waals surface area (Å²) in [5, 5.41) is 0. The van der Waals surface area contributed by atoms with Crippen molar-refractivity contribution in [2.75, 3.05) is 37.8 Å². The van der Waals surface area contributed by atoms with Crippen LogP contribution in [0.3, 0.4) is 0 Å². The maximum Gasteiger partial charge on any atom is 0.201 e. The Hall–Kier alpha value is -3.36. The molecule has 2 aromatic heterocycles. The minimum Gasteiger partial charge on any atom is -0.379 e. The van der Waals surface area contributed by atoms with Crippen molar-refractivity contribution in [2.45, 2.75) is 19.6 Å². The lowest BCUT2D eigenvalue weighted by Crippen LogP contribution is -2.35. The van der Waals surface area contributed by atoms with Crippen molar-refractivity contribution in [3.05, 3.63) is 60.2 Å². The number of allylic oxidation sites excluding steroid dienone is 2. The number of hydrogen-bond acceptors (Lipinski definition) is 6. The number of aromatic nitrogens is 4. The molecule has 0 saturated carbocycles. The number of fused-ring (bicyclic) bond motifs is 2. The molecular formula is C23H27N7O. The molecule has 0 radical (unpaired) electrons. The van der Waals surface area contributed by atoms with Gasteiger partial charge in [-0.3, -0.25) is 4.90 Å². The van der Waals surface area contributed by atoms with E-state index >= 15 is 0 Å². The maximum absolute atomic E-state index is 6.28. The molecule has 2 aromatic carbocycles. The molecule has 4 N–H and O–H groups in total. The molecule has 1 fully saturated rings. The smallest absolute Gasteiger partial charge is 0.201 e. The number of anilines is 2. The van der Waals surface area contributed by atoms with Crippen LogP contribution in [0.5, 0.6) is 0 Å². The quantitative estimate of drug-likeness (QED) is 0.468. The van der Waals surface area contributed by atoms with Gasteiger partial charge >= 0.3 is 0 Å². The average Bonchev–Trinajstić information content (AvgIpc) is 3.28. The van der Waals surface area contributed by atoms with Crippen molar-refractivity contribution >= 4 is 34.0 Å². The van der Waals surface area contributed by atoms with E-state index in [-0.39, 0.29) is 0 Å². The molecule has 4 aromatic rings. The summed E-state index contributed by atoms with van der Waals surface area (Å²) in [6.07, 6.45) is 4.21. The lowest BCUT2D eigenvalue weighted by Gasteiger charge is -2.27. The molecule has 3 heterocycles. The van der Waals surface area contributed by atoms with E-state index in [0.29, 0.717) is 25.0 Å². The first kappa shape index (κ1) is 19.6. The van der Waals surface area contributed by atoms with Gasteiger partial charge in [0, 0.05) is 32.7 Å². The highest BCUT2D eigenvalue weighted by Gasteiger charge is 2.16. The van der Waals surface area contributed by atoms with Crippen molar-refractivity contribution in [3.63, 3.8) is 0 Å². The third kappa shape index (κ3) is 3.87. The summed E-state index contributed by atoms with van der Waals surface area (Å²) in [6, 6.07) is 14.2. The molecule has 0 aliphatic carbocycles. The average molecular weight is 418 g/mol. The summed E-state index contributed by atoms with van der Waals surface area (Å²) in [5.74, 6) is 1.05. The standard InChI is InChI=1S/C23H27N7O/c24-22-26-18-7-1-2-9-20(18)29(22)10-3-4-11-30-21-17(16-28-12-14-31-15-13-28)6-5-8-19(21)27-23(30)25/h1-9H,10-16H2,(H2,24,26)(H2,25,27)/b4-3+. The summed E-state index contributed by atoms with van der Waals surface area (Å²) < 4.78 is 9.57. The van der Waals surface area contributed by atoms with E-state index in [0.717, 1.165) is 54.9 Å². The molecule has 8 nitrogen and oxygen atoms in total. The molecule has 31 heavy (non-hydrogen) atoms. The number of imidazole rings is 2. The SMILES string of the molecule is Nc1nc2ccccc2n1C/C=C/Cn1c(N)nc2cccc(CN3CCOCC3)c21. The van der Waals surface area contributed by atoms with Gasteiger partial charge < -0.3 is 25.3 Å². The van der Waals surface area contributed by atoms with Gasteiger partial charge in [0.05, 0.1) is 35.3 Å². The molecule has 5 rings (SSSR count). The number of morpholine rings is 1. The van der Waals surface area contributed by atoms with Crippen molar-refractivity contribution in [3.8, 4) is 0 Å². The summed E-state index contributed by atoms with van der Waals surface area (Å²) in [4.78, 5) is 11.4. The molecule has 0 bridgehead atoms. The van der Waals surface area contributed by atoms with Crippen molar-refractivity contribution in [2.24, 2.45) is 0 Å². The first-order valence-corrected chi connectivity index (χ1v) is 10.6. The third-order valence-corrected chi connectivity index (χ3v) is 5.80. The topological polar surface area (TPSA) is 100 Å². The van der Waals surface area contributed by atoms with Crippen LogP contribution in [0.1, 0.15) is 5.56 Å². The Labute approximate surface area is 180 Å². The number of hydrogen-bond donors (Lipinski definition) is 2. The molecule has 1 aliphatic rings. The Morgan fingerprint density at radius 1 is 0.839 bits per heavy atom. The predicted octanol–water partition coefficient (Wildman–Crippen LogP) is 2.64. The fourth-order valence-electron chi connectivity index (χ4n) is 4.24. The van der Waals surface area contributed by atoms with Crippen LogP contribution in [0.25, 0.3) is 22.1 Å². The number of nitrogens with zero attached hydrogens (tertiary/aromatic N) is 5. The molecule has 0 spiro atoms. The number of nitrogen functional groups attached to an aromatic ring is 2. The van der Waals surface area contributed by atoms with E-state index in [1.165, 1.54) is 5.56 Å². The van der Waals surface area contributed by atoms with Crippen LogP contribution in [0.15, 0.2) is 54.6 Å². The van der Waals surface area contributed by atoms with Gasteiger partial charge in [-0.2, -0.15) is 0 Å². The van der Waals surface area contributed by atoms with Gasteiger partial charge in [-0.05, 0) is 23.8 Å². The van der Waals surface area contributed by atoms with Crippen LogP contribution >= 0.6 is 0 Å². The second-order valence-corrected chi connectivity index (χ2v) is 7.79. The first-order valence-electron chi connectivity index (χ1n) is 10.6. The number of benzene rings is 2. The number of ether oxygens (including phenoxy) is 1. The summed E-state index contributed by atoms with van der Waals surface area (Å²) >= 11 is 0. The third-order valence-electron chi connectivity index (χ3n) is 5.80. The second kappa shape index (κ2) is 8.41. The molecule has 8 heteroatoms. The summed E-state index contributed by atoms with van der Waals surface area (Å²) in [5.41, 5.74) is 17.6. The van der Waals surface area contributed by atoms with Gasteiger partial charge in [-0.1, -0.05) is 36.4 Å². The van der Waals surface area contributed by atoms with E-state index in [1.807, 2.05) is 34.9 Å². The zero-order valence-electron chi connectivity index (χ0n) is 17.4. The lowest BCUT2D eigenvalue weighted by molar-refractivity contribution is 0.0343. The van der Waals surface area contributed by atoms with E-state index in [9.17, 15) is 0 Å². The van der Waals surface area contributed by atoms with Crippen LogP contribution in [0.4, 0.5) is 11.9 Å². The minimum atomic E-state index is 0.520. The summed E-state index contributed by atoms with van der Waals surface area (Å²) in [7, 11) is 0. The van der Waals surface area contributed by atoms with Gasteiger partial charge in [0.25, 0.3) is 0 Å². The molecule has 1 saturated heterocycles. The minimum absolute atomic E-state index is 0.520. The van der Waals surface area contributed by atoms with Gasteiger partial charge in [0.1, 0.15) is 0 Å². The zero-order valence-corrected chi connectivity index (χ0v) is 17.4. The summed E-state index contributed by atoms with van der Waals surface area (Å²) in [6.45, 7) is 5.63. The van der Waals surface area contributed by atoms with Crippen molar-refractivity contribution < 1.29 is 4.74 Å². The largest absolute Gasteiger partial charge is 0.379 e. The highest BCUT2D eigenvalue weighted by molar-refractivity contribution is 5.82. The van der Waals surface area contributed by atoms with Gasteiger partial charge in [-0.15, -0.1) is 0 Å².